The number of piperidine rings is 1. The predicted molar refractivity (Wildman–Crippen MR) is 76.1 cm³/mol. The highest BCUT2D eigenvalue weighted by Crippen LogP contribution is 2.27. The van der Waals surface area contributed by atoms with Crippen LogP contribution in [0.15, 0.2) is 41.3 Å². The minimum atomic E-state index is -0.180. The molecular formula is C15H17N3O2. The molecule has 1 aromatic heterocycles. The summed E-state index contributed by atoms with van der Waals surface area (Å²) in [7, 11) is 0. The minimum Gasteiger partial charge on any atom is -0.444 e. The van der Waals surface area contributed by atoms with Crippen molar-refractivity contribution in [2.24, 2.45) is 11.7 Å². The topological polar surface area (TPSA) is 72.4 Å². The molecule has 0 saturated carbocycles. The van der Waals surface area contributed by atoms with E-state index in [0.717, 1.165) is 42.9 Å². The second-order valence-corrected chi connectivity index (χ2v) is 5.08. The number of nitrogens with zero attached hydrogens (tertiary/aromatic N) is 2. The maximum atomic E-state index is 11.2. The highest BCUT2D eigenvalue weighted by Gasteiger charge is 2.23. The van der Waals surface area contributed by atoms with Crippen LogP contribution >= 0.6 is 0 Å². The zero-order chi connectivity index (χ0) is 13.9. The number of primary amides is 1. The molecule has 1 aliphatic rings. The highest BCUT2D eigenvalue weighted by atomic mass is 16.3. The summed E-state index contributed by atoms with van der Waals surface area (Å²) in [4.78, 5) is 17.4. The molecule has 1 amide bonds. The quantitative estimate of drug-likeness (QED) is 0.927. The minimum absolute atomic E-state index is 0.0173. The van der Waals surface area contributed by atoms with Crippen molar-refractivity contribution < 1.29 is 9.21 Å². The molecule has 0 atom stereocenters. The highest BCUT2D eigenvalue weighted by molar-refractivity contribution is 5.77. The number of rotatable bonds is 3. The third kappa shape index (κ3) is 2.52. The first-order valence-electron chi connectivity index (χ1n) is 6.77. The standard InChI is InChI=1S/C15H17N3O2/c16-15(19)11-4-6-18(7-5-11)13-3-1-2-12(8-13)14-9-17-10-20-14/h1-3,8-11H,4-7H2,(H2,16,19). The van der Waals surface area contributed by atoms with E-state index >= 15 is 0 Å². The monoisotopic (exact) mass is 271 g/mol. The first kappa shape index (κ1) is 12.7. The normalized spacial score (nSPS) is 16.3. The van der Waals surface area contributed by atoms with Crippen molar-refractivity contribution in [1.29, 1.82) is 0 Å². The van der Waals surface area contributed by atoms with Crippen molar-refractivity contribution >= 4 is 11.6 Å². The van der Waals surface area contributed by atoms with Gasteiger partial charge >= 0.3 is 0 Å². The van der Waals surface area contributed by atoms with Gasteiger partial charge in [-0.2, -0.15) is 0 Å². The third-order valence-electron chi connectivity index (χ3n) is 3.83. The first-order chi connectivity index (χ1) is 9.74. The van der Waals surface area contributed by atoms with Crippen LogP contribution in [0.25, 0.3) is 11.3 Å². The Morgan fingerprint density at radius 2 is 2.15 bits per heavy atom. The van der Waals surface area contributed by atoms with Crippen molar-refractivity contribution in [1.82, 2.24) is 4.98 Å². The molecule has 2 N–H and O–H groups in total. The molecule has 5 nitrogen and oxygen atoms in total. The van der Waals surface area contributed by atoms with Crippen LogP contribution in [-0.4, -0.2) is 24.0 Å². The number of hydrogen-bond donors (Lipinski definition) is 1. The summed E-state index contributed by atoms with van der Waals surface area (Å²) in [6.45, 7) is 1.71. The van der Waals surface area contributed by atoms with Crippen molar-refractivity contribution in [2.75, 3.05) is 18.0 Å². The van der Waals surface area contributed by atoms with Gasteiger partial charge < -0.3 is 15.1 Å². The summed E-state index contributed by atoms with van der Waals surface area (Å²) in [6.07, 6.45) is 4.78. The second-order valence-electron chi connectivity index (χ2n) is 5.08. The number of oxazole rings is 1. The number of aromatic nitrogens is 1. The maximum Gasteiger partial charge on any atom is 0.220 e. The Balaban J connectivity index is 1.75. The van der Waals surface area contributed by atoms with Gasteiger partial charge in [0.2, 0.25) is 5.91 Å². The summed E-state index contributed by atoms with van der Waals surface area (Å²) in [5.74, 6) is 0.600. The zero-order valence-corrected chi connectivity index (χ0v) is 11.2. The van der Waals surface area contributed by atoms with Crippen LogP contribution in [0.2, 0.25) is 0 Å². The van der Waals surface area contributed by atoms with E-state index in [9.17, 15) is 4.79 Å². The molecule has 1 aromatic carbocycles. The van der Waals surface area contributed by atoms with E-state index in [4.69, 9.17) is 10.2 Å². The zero-order valence-electron chi connectivity index (χ0n) is 11.2. The Kier molecular flexibility index (Phi) is 3.41. The molecule has 0 aliphatic carbocycles. The third-order valence-corrected chi connectivity index (χ3v) is 3.83. The molecule has 1 aliphatic heterocycles. The maximum absolute atomic E-state index is 11.2. The Morgan fingerprint density at radius 1 is 1.35 bits per heavy atom. The molecule has 0 bridgehead atoms. The van der Waals surface area contributed by atoms with Gasteiger partial charge in [-0.05, 0) is 25.0 Å². The largest absolute Gasteiger partial charge is 0.444 e. The van der Waals surface area contributed by atoms with Crippen LogP contribution in [0.5, 0.6) is 0 Å². The van der Waals surface area contributed by atoms with Gasteiger partial charge in [-0.15, -0.1) is 0 Å². The van der Waals surface area contributed by atoms with Gasteiger partial charge in [-0.25, -0.2) is 4.98 Å². The molecule has 3 rings (SSSR count). The molecule has 0 spiro atoms. The van der Waals surface area contributed by atoms with Gasteiger partial charge in [0.25, 0.3) is 0 Å². The number of benzene rings is 1. The van der Waals surface area contributed by atoms with Crippen molar-refractivity contribution in [3.05, 3.63) is 36.9 Å². The summed E-state index contributed by atoms with van der Waals surface area (Å²) in [5.41, 5.74) is 7.51. The molecule has 104 valence electrons. The van der Waals surface area contributed by atoms with Crippen molar-refractivity contribution in [3.8, 4) is 11.3 Å². The van der Waals surface area contributed by atoms with E-state index in [2.05, 4.69) is 22.0 Å². The Labute approximate surface area is 117 Å². The molecule has 1 saturated heterocycles. The molecule has 1 fully saturated rings. The molecule has 5 heteroatoms. The molecule has 2 heterocycles. The fourth-order valence-corrected chi connectivity index (χ4v) is 2.64. The number of hydrogen-bond acceptors (Lipinski definition) is 4. The Morgan fingerprint density at radius 3 is 2.80 bits per heavy atom. The van der Waals surface area contributed by atoms with Gasteiger partial charge in [0.05, 0.1) is 6.20 Å². The van der Waals surface area contributed by atoms with Gasteiger partial charge in [0, 0.05) is 30.3 Å². The summed E-state index contributed by atoms with van der Waals surface area (Å²) in [6, 6.07) is 8.17. The van der Waals surface area contributed by atoms with Crippen LogP contribution in [0.1, 0.15) is 12.8 Å². The van der Waals surface area contributed by atoms with Crippen LogP contribution in [0.3, 0.4) is 0 Å². The molecule has 20 heavy (non-hydrogen) atoms. The number of carbonyl (C=O) groups excluding carboxylic acids is 1. The lowest BCUT2D eigenvalue weighted by molar-refractivity contribution is -0.122. The van der Waals surface area contributed by atoms with Gasteiger partial charge in [-0.1, -0.05) is 12.1 Å². The second kappa shape index (κ2) is 5.36. The first-order valence-corrected chi connectivity index (χ1v) is 6.77. The van der Waals surface area contributed by atoms with Crippen LogP contribution in [0, 0.1) is 5.92 Å². The van der Waals surface area contributed by atoms with E-state index in [1.54, 1.807) is 6.20 Å². The summed E-state index contributed by atoms with van der Waals surface area (Å²) >= 11 is 0. The Bertz CT molecular complexity index is 587. The molecule has 0 radical (unpaired) electrons. The lowest BCUT2D eigenvalue weighted by atomic mass is 9.96. The Hall–Kier alpha value is -2.30. The number of carbonyl (C=O) groups is 1. The summed E-state index contributed by atoms with van der Waals surface area (Å²) < 4.78 is 5.32. The van der Waals surface area contributed by atoms with Crippen molar-refractivity contribution in [2.45, 2.75) is 12.8 Å². The fraction of sp³-hybridized carbons (Fsp3) is 0.333. The summed E-state index contributed by atoms with van der Waals surface area (Å²) in [5, 5.41) is 0. The van der Waals surface area contributed by atoms with Gasteiger partial charge in [0.15, 0.2) is 12.2 Å². The lowest BCUT2D eigenvalue weighted by Gasteiger charge is -2.32. The van der Waals surface area contributed by atoms with Gasteiger partial charge in [0.1, 0.15) is 0 Å². The van der Waals surface area contributed by atoms with Crippen molar-refractivity contribution in [3.63, 3.8) is 0 Å². The van der Waals surface area contributed by atoms with E-state index in [0.29, 0.717) is 0 Å². The number of amides is 1. The average Bonchev–Trinajstić information content (AvgIpc) is 3.02. The van der Waals surface area contributed by atoms with E-state index < -0.39 is 0 Å². The smallest absolute Gasteiger partial charge is 0.220 e. The number of nitrogens with two attached hydrogens (primary N) is 1. The van der Waals surface area contributed by atoms with E-state index in [-0.39, 0.29) is 11.8 Å². The van der Waals surface area contributed by atoms with Crippen LogP contribution in [-0.2, 0) is 4.79 Å². The average molecular weight is 271 g/mol. The van der Waals surface area contributed by atoms with Crippen LogP contribution in [0.4, 0.5) is 5.69 Å². The molecular weight excluding hydrogens is 254 g/mol. The van der Waals surface area contributed by atoms with E-state index in [1.807, 2.05) is 12.1 Å². The lowest BCUT2D eigenvalue weighted by Crippen LogP contribution is -2.38. The van der Waals surface area contributed by atoms with E-state index in [1.165, 1.54) is 6.39 Å². The fourth-order valence-electron chi connectivity index (χ4n) is 2.64. The van der Waals surface area contributed by atoms with Crippen LogP contribution < -0.4 is 10.6 Å². The molecule has 0 unspecified atom stereocenters. The molecule has 2 aromatic rings. The number of anilines is 1. The SMILES string of the molecule is NC(=O)C1CCN(c2cccc(-c3cnco3)c2)CC1. The predicted octanol–water partition coefficient (Wildman–Crippen LogP) is 2.04. The van der Waals surface area contributed by atoms with Gasteiger partial charge in [-0.3, -0.25) is 4.79 Å².